The summed E-state index contributed by atoms with van der Waals surface area (Å²) in [6.07, 6.45) is 2.32. The van der Waals surface area contributed by atoms with Crippen LogP contribution in [0.3, 0.4) is 0 Å². The Kier molecular flexibility index (Phi) is 8.84. The van der Waals surface area contributed by atoms with Gasteiger partial charge in [0.2, 0.25) is 0 Å². The zero-order valence-corrected chi connectivity index (χ0v) is 16.0. The molecule has 1 unspecified atom stereocenters. The number of esters is 1. The van der Waals surface area contributed by atoms with Gasteiger partial charge < -0.3 is 9.84 Å². The molecule has 0 spiro atoms. The van der Waals surface area contributed by atoms with Gasteiger partial charge in [0, 0.05) is 12.3 Å². The first-order chi connectivity index (χ1) is 11.7. The maximum Gasteiger partial charge on any atom is 0.306 e. The Balaban J connectivity index is 2.62. The highest BCUT2D eigenvalue weighted by molar-refractivity contribution is 5.84. The Morgan fingerprint density at radius 3 is 2.36 bits per heavy atom. The van der Waals surface area contributed by atoms with Gasteiger partial charge in [-0.05, 0) is 39.2 Å². The molecule has 4 nitrogen and oxygen atoms in total. The second-order valence-corrected chi connectivity index (χ2v) is 7.59. The number of hydrogen-bond acceptors (Lipinski definition) is 4. The molecule has 1 N–H and O–H groups in total. The molecule has 0 bridgehead atoms. The molecule has 0 aliphatic heterocycles. The average molecular weight is 348 g/mol. The molecule has 0 aliphatic carbocycles. The summed E-state index contributed by atoms with van der Waals surface area (Å²) in [6, 6.07) is 9.73. The van der Waals surface area contributed by atoms with Gasteiger partial charge in [0.15, 0.2) is 5.78 Å². The quantitative estimate of drug-likeness (QED) is 0.647. The Labute approximate surface area is 151 Å². The van der Waals surface area contributed by atoms with Crippen molar-refractivity contribution in [2.75, 3.05) is 0 Å². The molecular weight excluding hydrogens is 316 g/mol. The van der Waals surface area contributed by atoms with Crippen molar-refractivity contribution < 1.29 is 19.4 Å². The van der Waals surface area contributed by atoms with Crippen LogP contribution in [0.25, 0.3) is 0 Å². The molecule has 1 rings (SSSR count). The van der Waals surface area contributed by atoms with Crippen molar-refractivity contribution >= 4 is 11.8 Å². The fraction of sp³-hybridized carbons (Fsp3) is 0.619. The van der Waals surface area contributed by atoms with E-state index in [2.05, 4.69) is 0 Å². The van der Waals surface area contributed by atoms with E-state index < -0.39 is 11.7 Å². The van der Waals surface area contributed by atoms with Crippen LogP contribution in [0.1, 0.15) is 65.4 Å². The van der Waals surface area contributed by atoms with Gasteiger partial charge in [-0.3, -0.25) is 9.59 Å². The minimum atomic E-state index is -1.11. The van der Waals surface area contributed by atoms with E-state index in [9.17, 15) is 14.7 Å². The van der Waals surface area contributed by atoms with E-state index in [1.165, 1.54) is 0 Å². The van der Waals surface area contributed by atoms with Crippen molar-refractivity contribution in [3.05, 3.63) is 35.9 Å². The number of rotatable bonds is 10. The SMILES string of the molecule is CCCC[C@H](CC(=O)OC(C)(C)C)C(O)C(=O)CCc1ccccc1. The van der Waals surface area contributed by atoms with E-state index in [-0.39, 0.29) is 30.5 Å². The minimum absolute atomic E-state index is 0.0789. The van der Waals surface area contributed by atoms with Crippen molar-refractivity contribution in [2.45, 2.75) is 77.9 Å². The van der Waals surface area contributed by atoms with Crippen molar-refractivity contribution in [3.8, 4) is 0 Å². The molecular formula is C21H32O4. The van der Waals surface area contributed by atoms with Crippen LogP contribution in [0.4, 0.5) is 0 Å². The highest BCUT2D eigenvalue weighted by Gasteiger charge is 2.29. The number of aliphatic hydroxyl groups is 1. The van der Waals surface area contributed by atoms with E-state index in [0.29, 0.717) is 12.8 Å². The second-order valence-electron chi connectivity index (χ2n) is 7.59. The lowest BCUT2D eigenvalue weighted by Crippen LogP contribution is -2.33. The maximum atomic E-state index is 12.4. The molecule has 140 valence electrons. The van der Waals surface area contributed by atoms with Gasteiger partial charge in [-0.15, -0.1) is 0 Å². The summed E-state index contributed by atoms with van der Waals surface area (Å²) in [5.41, 5.74) is 0.509. The topological polar surface area (TPSA) is 63.6 Å². The van der Waals surface area contributed by atoms with Crippen molar-refractivity contribution in [2.24, 2.45) is 5.92 Å². The van der Waals surface area contributed by atoms with Gasteiger partial charge in [0.25, 0.3) is 0 Å². The zero-order valence-electron chi connectivity index (χ0n) is 16.0. The summed E-state index contributed by atoms with van der Waals surface area (Å²) in [7, 11) is 0. The highest BCUT2D eigenvalue weighted by atomic mass is 16.6. The molecule has 0 aliphatic rings. The lowest BCUT2D eigenvalue weighted by atomic mass is 9.88. The molecule has 1 aromatic rings. The Hall–Kier alpha value is -1.68. The van der Waals surface area contributed by atoms with E-state index in [0.717, 1.165) is 18.4 Å². The number of Topliss-reactive ketones (excluding diaryl/α,β-unsaturated/α-hetero) is 1. The summed E-state index contributed by atoms with van der Waals surface area (Å²) in [5.74, 6) is -0.935. The first-order valence-corrected chi connectivity index (χ1v) is 9.19. The Morgan fingerprint density at radius 2 is 1.80 bits per heavy atom. The van der Waals surface area contributed by atoms with Crippen LogP contribution in [0.5, 0.6) is 0 Å². The number of aliphatic hydroxyl groups excluding tert-OH is 1. The third-order valence-corrected chi connectivity index (χ3v) is 4.06. The molecule has 4 heteroatoms. The molecule has 0 saturated carbocycles. The summed E-state index contributed by atoms with van der Waals surface area (Å²) in [6.45, 7) is 7.49. The van der Waals surface area contributed by atoms with Gasteiger partial charge in [0.1, 0.15) is 11.7 Å². The highest BCUT2D eigenvalue weighted by Crippen LogP contribution is 2.22. The van der Waals surface area contributed by atoms with Crippen LogP contribution >= 0.6 is 0 Å². The number of aryl methyl sites for hydroxylation is 1. The number of unbranched alkanes of at least 4 members (excludes halogenated alkanes) is 1. The van der Waals surface area contributed by atoms with Gasteiger partial charge in [0.05, 0.1) is 6.42 Å². The third-order valence-electron chi connectivity index (χ3n) is 4.06. The van der Waals surface area contributed by atoms with E-state index >= 15 is 0 Å². The number of carbonyl (C=O) groups is 2. The largest absolute Gasteiger partial charge is 0.460 e. The van der Waals surface area contributed by atoms with Crippen LogP contribution in [0.2, 0.25) is 0 Å². The summed E-state index contributed by atoms with van der Waals surface area (Å²) in [5, 5.41) is 10.5. The molecule has 0 heterocycles. The van der Waals surface area contributed by atoms with E-state index in [4.69, 9.17) is 4.74 Å². The zero-order chi connectivity index (χ0) is 18.9. The summed E-state index contributed by atoms with van der Waals surface area (Å²) < 4.78 is 5.35. The van der Waals surface area contributed by atoms with Crippen LogP contribution < -0.4 is 0 Å². The van der Waals surface area contributed by atoms with Crippen molar-refractivity contribution in [1.82, 2.24) is 0 Å². The predicted molar refractivity (Wildman–Crippen MR) is 99.3 cm³/mol. The lowest BCUT2D eigenvalue weighted by molar-refractivity contribution is -0.157. The molecule has 2 atom stereocenters. The molecule has 0 amide bonds. The number of ketones is 1. The summed E-state index contributed by atoms with van der Waals surface area (Å²) in [4.78, 5) is 24.5. The molecule has 25 heavy (non-hydrogen) atoms. The minimum Gasteiger partial charge on any atom is -0.460 e. The van der Waals surface area contributed by atoms with Crippen LogP contribution in [0.15, 0.2) is 30.3 Å². The fourth-order valence-electron chi connectivity index (χ4n) is 2.76. The van der Waals surface area contributed by atoms with Gasteiger partial charge in [-0.25, -0.2) is 0 Å². The number of hydrogen-bond donors (Lipinski definition) is 1. The number of ether oxygens (including phenoxy) is 1. The van der Waals surface area contributed by atoms with Crippen molar-refractivity contribution in [3.63, 3.8) is 0 Å². The maximum absolute atomic E-state index is 12.4. The molecule has 0 saturated heterocycles. The first-order valence-electron chi connectivity index (χ1n) is 9.19. The first kappa shape index (κ1) is 21.4. The normalized spacial score (nSPS) is 14.0. The number of benzene rings is 1. The predicted octanol–water partition coefficient (Wildman–Crippen LogP) is 4.09. The van der Waals surface area contributed by atoms with Gasteiger partial charge in [-0.1, -0.05) is 50.1 Å². The smallest absolute Gasteiger partial charge is 0.306 e. The second kappa shape index (κ2) is 10.3. The number of carbonyl (C=O) groups excluding carboxylic acids is 2. The fourth-order valence-corrected chi connectivity index (χ4v) is 2.76. The van der Waals surface area contributed by atoms with E-state index in [1.54, 1.807) is 0 Å². The molecule has 1 aromatic carbocycles. The standard InChI is InChI=1S/C21H32O4/c1-5-6-12-17(15-19(23)25-21(2,3)4)20(24)18(22)14-13-16-10-8-7-9-11-16/h7-11,17,20,24H,5-6,12-15H2,1-4H3/t17-,20?/m1/s1. The molecule has 0 fully saturated rings. The van der Waals surface area contributed by atoms with Crippen LogP contribution in [-0.4, -0.2) is 28.6 Å². The van der Waals surface area contributed by atoms with Gasteiger partial charge in [-0.2, -0.15) is 0 Å². The van der Waals surface area contributed by atoms with Gasteiger partial charge >= 0.3 is 5.97 Å². The van der Waals surface area contributed by atoms with Crippen LogP contribution in [0, 0.1) is 5.92 Å². The average Bonchev–Trinajstić information content (AvgIpc) is 2.55. The third kappa shape index (κ3) is 8.82. The lowest BCUT2D eigenvalue weighted by Gasteiger charge is -2.24. The Morgan fingerprint density at radius 1 is 1.16 bits per heavy atom. The van der Waals surface area contributed by atoms with Crippen LogP contribution in [-0.2, 0) is 20.7 Å². The van der Waals surface area contributed by atoms with Crippen molar-refractivity contribution in [1.29, 1.82) is 0 Å². The Bertz CT molecular complexity index is 531. The monoisotopic (exact) mass is 348 g/mol. The summed E-state index contributed by atoms with van der Waals surface area (Å²) >= 11 is 0. The molecule has 0 aromatic heterocycles. The van der Waals surface area contributed by atoms with E-state index in [1.807, 2.05) is 58.0 Å². The molecule has 0 radical (unpaired) electrons.